The summed E-state index contributed by atoms with van der Waals surface area (Å²) >= 11 is 0. The molecule has 122 valence electrons. The van der Waals surface area contributed by atoms with E-state index in [4.69, 9.17) is 0 Å². The molecule has 0 amide bonds. The lowest BCUT2D eigenvalue weighted by Crippen LogP contribution is -2.44. The van der Waals surface area contributed by atoms with Crippen LogP contribution in [0.3, 0.4) is 0 Å². The number of aryl methyl sites for hydroxylation is 1. The Kier molecular flexibility index (Phi) is 6.19. The molecule has 1 saturated heterocycles. The molecule has 1 aliphatic heterocycles. The fraction of sp³-hybridized carbons (Fsp3) is 0.588. The van der Waals surface area contributed by atoms with Crippen molar-refractivity contribution in [1.29, 1.82) is 0 Å². The van der Waals surface area contributed by atoms with Crippen LogP contribution in [0.15, 0.2) is 23.2 Å². The molecule has 1 heterocycles. The van der Waals surface area contributed by atoms with Crippen molar-refractivity contribution < 1.29 is 4.39 Å². The maximum Gasteiger partial charge on any atom is 0.191 e. The van der Waals surface area contributed by atoms with E-state index in [2.05, 4.69) is 34.5 Å². The van der Waals surface area contributed by atoms with E-state index in [-0.39, 0.29) is 5.82 Å². The van der Waals surface area contributed by atoms with E-state index >= 15 is 0 Å². The third-order valence-electron chi connectivity index (χ3n) is 4.16. The summed E-state index contributed by atoms with van der Waals surface area (Å²) in [6.07, 6.45) is 2.51. The van der Waals surface area contributed by atoms with Crippen molar-refractivity contribution in [2.75, 3.05) is 26.7 Å². The van der Waals surface area contributed by atoms with E-state index in [1.807, 2.05) is 6.07 Å². The molecule has 22 heavy (non-hydrogen) atoms. The van der Waals surface area contributed by atoms with Gasteiger partial charge in [0, 0.05) is 19.1 Å². The zero-order valence-corrected chi connectivity index (χ0v) is 13.8. The third kappa shape index (κ3) is 4.70. The zero-order valence-electron chi connectivity index (χ0n) is 13.8. The molecular formula is C17H27FN4. The van der Waals surface area contributed by atoms with E-state index in [0.29, 0.717) is 18.2 Å². The molecule has 0 spiro atoms. The lowest BCUT2D eigenvalue weighted by molar-refractivity contribution is 0.309. The first-order chi connectivity index (χ1) is 10.6. The minimum atomic E-state index is -0.165. The molecule has 2 N–H and O–H groups in total. The van der Waals surface area contributed by atoms with E-state index in [1.54, 1.807) is 13.0 Å². The molecule has 1 fully saturated rings. The summed E-state index contributed by atoms with van der Waals surface area (Å²) in [5.41, 5.74) is 1.69. The van der Waals surface area contributed by atoms with Gasteiger partial charge in [0.05, 0.1) is 6.54 Å². The Morgan fingerprint density at radius 3 is 2.86 bits per heavy atom. The number of rotatable bonds is 5. The summed E-state index contributed by atoms with van der Waals surface area (Å²) < 4.78 is 13.3. The normalized spacial score (nSPS) is 19.5. The molecule has 0 radical (unpaired) electrons. The Bertz CT molecular complexity index is 515. The molecular weight excluding hydrogens is 279 g/mol. The number of guanidine groups is 1. The highest BCUT2D eigenvalue weighted by Gasteiger charge is 2.20. The number of hydrogen-bond donors (Lipinski definition) is 2. The molecule has 1 aliphatic rings. The number of likely N-dealkylation sites (tertiary alicyclic amines) is 1. The molecule has 1 atom stereocenters. The Morgan fingerprint density at radius 2 is 2.23 bits per heavy atom. The molecule has 1 aromatic carbocycles. The van der Waals surface area contributed by atoms with Crippen molar-refractivity contribution >= 4 is 5.96 Å². The Balaban J connectivity index is 1.92. The fourth-order valence-electron chi connectivity index (χ4n) is 2.77. The number of nitrogens with one attached hydrogen (secondary N) is 2. The molecule has 5 heteroatoms. The van der Waals surface area contributed by atoms with Crippen molar-refractivity contribution in [2.45, 2.75) is 39.3 Å². The lowest BCUT2D eigenvalue weighted by Gasteiger charge is -2.21. The van der Waals surface area contributed by atoms with Gasteiger partial charge in [-0.2, -0.15) is 0 Å². The van der Waals surface area contributed by atoms with Crippen LogP contribution < -0.4 is 10.6 Å². The van der Waals surface area contributed by atoms with Crippen LogP contribution in [0.2, 0.25) is 0 Å². The van der Waals surface area contributed by atoms with Crippen molar-refractivity contribution in [3.63, 3.8) is 0 Å². The summed E-state index contributed by atoms with van der Waals surface area (Å²) in [7, 11) is 2.17. The second kappa shape index (κ2) is 8.13. The topological polar surface area (TPSA) is 39.7 Å². The average Bonchev–Trinajstić information content (AvgIpc) is 2.91. The van der Waals surface area contributed by atoms with Gasteiger partial charge in [-0.05, 0) is 57.5 Å². The SMILES string of the molecule is CCNC(=NCc1ccc(F)c(C)c1)NCC1CCCN1C. The van der Waals surface area contributed by atoms with Gasteiger partial charge in [0.1, 0.15) is 5.82 Å². The van der Waals surface area contributed by atoms with Crippen LogP contribution in [-0.4, -0.2) is 43.6 Å². The minimum absolute atomic E-state index is 0.165. The smallest absolute Gasteiger partial charge is 0.191 e. The molecule has 1 aromatic rings. The highest BCUT2D eigenvalue weighted by atomic mass is 19.1. The first-order valence-electron chi connectivity index (χ1n) is 8.07. The third-order valence-corrected chi connectivity index (χ3v) is 4.16. The van der Waals surface area contributed by atoms with E-state index in [1.165, 1.54) is 25.5 Å². The largest absolute Gasteiger partial charge is 0.357 e. The number of halogens is 1. The predicted octanol–water partition coefficient (Wildman–Crippen LogP) is 2.28. The number of likely N-dealkylation sites (N-methyl/N-ethyl adjacent to an activating group) is 1. The molecule has 0 aliphatic carbocycles. The monoisotopic (exact) mass is 306 g/mol. The molecule has 2 rings (SSSR count). The lowest BCUT2D eigenvalue weighted by atomic mass is 10.1. The quantitative estimate of drug-likeness (QED) is 0.648. The zero-order chi connectivity index (χ0) is 15.9. The van der Waals surface area contributed by atoms with Crippen LogP contribution in [0.5, 0.6) is 0 Å². The van der Waals surface area contributed by atoms with Gasteiger partial charge in [-0.3, -0.25) is 0 Å². The van der Waals surface area contributed by atoms with Gasteiger partial charge in [0.15, 0.2) is 5.96 Å². The maximum atomic E-state index is 13.3. The van der Waals surface area contributed by atoms with Gasteiger partial charge in [0.25, 0.3) is 0 Å². The standard InChI is InChI=1S/C17H27FN4/c1-4-19-17(21-12-15-6-5-9-22(15)3)20-11-14-7-8-16(18)13(2)10-14/h7-8,10,15H,4-6,9,11-12H2,1-3H3,(H2,19,20,21). The summed E-state index contributed by atoms with van der Waals surface area (Å²) in [5.74, 6) is 0.659. The second-order valence-corrected chi connectivity index (χ2v) is 5.94. The van der Waals surface area contributed by atoms with Gasteiger partial charge in [0.2, 0.25) is 0 Å². The first-order valence-corrected chi connectivity index (χ1v) is 8.07. The van der Waals surface area contributed by atoms with Crippen molar-refractivity contribution in [3.8, 4) is 0 Å². The summed E-state index contributed by atoms with van der Waals surface area (Å²) in [4.78, 5) is 6.98. The Labute approximate surface area is 132 Å². The van der Waals surface area contributed by atoms with Crippen LogP contribution in [0.25, 0.3) is 0 Å². The number of nitrogens with zero attached hydrogens (tertiary/aromatic N) is 2. The number of benzene rings is 1. The Morgan fingerprint density at radius 1 is 1.41 bits per heavy atom. The minimum Gasteiger partial charge on any atom is -0.357 e. The van der Waals surface area contributed by atoms with Gasteiger partial charge in [-0.1, -0.05) is 12.1 Å². The van der Waals surface area contributed by atoms with Gasteiger partial charge < -0.3 is 15.5 Å². The second-order valence-electron chi connectivity index (χ2n) is 5.94. The van der Waals surface area contributed by atoms with Crippen molar-refractivity contribution in [3.05, 3.63) is 35.1 Å². The van der Waals surface area contributed by atoms with E-state index in [9.17, 15) is 4.39 Å². The highest BCUT2D eigenvalue weighted by molar-refractivity contribution is 5.79. The number of aliphatic imine (C=N–C) groups is 1. The first kappa shape index (κ1) is 16.7. The summed E-state index contributed by atoms with van der Waals surface area (Å²) in [6, 6.07) is 5.73. The van der Waals surface area contributed by atoms with Crippen molar-refractivity contribution in [2.24, 2.45) is 4.99 Å². The average molecular weight is 306 g/mol. The van der Waals surface area contributed by atoms with Crippen LogP contribution in [0.1, 0.15) is 30.9 Å². The highest BCUT2D eigenvalue weighted by Crippen LogP contribution is 2.13. The van der Waals surface area contributed by atoms with Gasteiger partial charge in [-0.15, -0.1) is 0 Å². The van der Waals surface area contributed by atoms with E-state index in [0.717, 1.165) is 24.6 Å². The van der Waals surface area contributed by atoms with Crippen molar-refractivity contribution in [1.82, 2.24) is 15.5 Å². The Hall–Kier alpha value is -1.62. The van der Waals surface area contributed by atoms with Crippen LogP contribution in [-0.2, 0) is 6.54 Å². The fourth-order valence-corrected chi connectivity index (χ4v) is 2.77. The molecule has 0 bridgehead atoms. The van der Waals surface area contributed by atoms with Crippen LogP contribution >= 0.6 is 0 Å². The van der Waals surface area contributed by atoms with E-state index < -0.39 is 0 Å². The molecule has 1 unspecified atom stereocenters. The number of hydrogen-bond acceptors (Lipinski definition) is 2. The summed E-state index contributed by atoms with van der Waals surface area (Å²) in [6.45, 7) is 7.30. The van der Waals surface area contributed by atoms with Gasteiger partial charge >= 0.3 is 0 Å². The molecule has 0 aromatic heterocycles. The van der Waals surface area contributed by atoms with Crippen LogP contribution in [0, 0.1) is 12.7 Å². The molecule has 4 nitrogen and oxygen atoms in total. The maximum absolute atomic E-state index is 13.3. The van der Waals surface area contributed by atoms with Gasteiger partial charge in [-0.25, -0.2) is 9.38 Å². The van der Waals surface area contributed by atoms with Crippen LogP contribution in [0.4, 0.5) is 4.39 Å². The molecule has 0 saturated carbocycles. The summed E-state index contributed by atoms with van der Waals surface area (Å²) in [5, 5.41) is 6.68. The predicted molar refractivity (Wildman–Crippen MR) is 89.6 cm³/mol.